The SMILES string of the molecule is CNC(=O)c1cccc(CNC(=O)C(Cc2ccccc2)NC(=O)OC)c1. The lowest BCUT2D eigenvalue weighted by atomic mass is 10.1. The zero-order valence-corrected chi connectivity index (χ0v) is 15.3. The average Bonchev–Trinajstić information content (AvgIpc) is 2.71. The van der Waals surface area contributed by atoms with Crippen LogP contribution in [0.5, 0.6) is 0 Å². The highest BCUT2D eigenvalue weighted by Gasteiger charge is 2.21. The van der Waals surface area contributed by atoms with E-state index in [1.54, 1.807) is 25.2 Å². The Hall–Kier alpha value is -3.35. The van der Waals surface area contributed by atoms with Crippen LogP contribution in [0, 0.1) is 0 Å². The zero-order chi connectivity index (χ0) is 19.6. The maximum Gasteiger partial charge on any atom is 0.407 e. The summed E-state index contributed by atoms with van der Waals surface area (Å²) in [7, 11) is 2.81. The molecule has 1 atom stereocenters. The first-order valence-corrected chi connectivity index (χ1v) is 8.50. The quantitative estimate of drug-likeness (QED) is 0.691. The first-order chi connectivity index (χ1) is 13.0. The van der Waals surface area contributed by atoms with E-state index in [0.29, 0.717) is 12.0 Å². The summed E-state index contributed by atoms with van der Waals surface area (Å²) in [4.78, 5) is 35.9. The van der Waals surface area contributed by atoms with Crippen LogP contribution in [0.4, 0.5) is 4.79 Å². The zero-order valence-electron chi connectivity index (χ0n) is 15.3. The van der Waals surface area contributed by atoms with Crippen molar-refractivity contribution in [3.8, 4) is 0 Å². The van der Waals surface area contributed by atoms with Gasteiger partial charge in [0.2, 0.25) is 5.91 Å². The Morgan fingerprint density at radius 2 is 1.70 bits per heavy atom. The summed E-state index contributed by atoms with van der Waals surface area (Å²) in [6.07, 6.45) is -0.340. The minimum Gasteiger partial charge on any atom is -0.453 e. The molecule has 3 N–H and O–H groups in total. The number of methoxy groups -OCH3 is 1. The molecule has 3 amide bonds. The number of hydrogen-bond donors (Lipinski definition) is 3. The highest BCUT2D eigenvalue weighted by Crippen LogP contribution is 2.07. The van der Waals surface area contributed by atoms with Crippen molar-refractivity contribution in [3.05, 3.63) is 71.3 Å². The van der Waals surface area contributed by atoms with Gasteiger partial charge in [-0.05, 0) is 23.3 Å². The molecular weight excluding hydrogens is 346 g/mol. The van der Waals surface area contributed by atoms with Crippen molar-refractivity contribution in [2.24, 2.45) is 0 Å². The van der Waals surface area contributed by atoms with Crippen LogP contribution in [0.2, 0.25) is 0 Å². The minimum absolute atomic E-state index is 0.197. The van der Waals surface area contributed by atoms with Crippen molar-refractivity contribution in [1.29, 1.82) is 0 Å². The highest BCUT2D eigenvalue weighted by atomic mass is 16.5. The predicted octanol–water partition coefficient (Wildman–Crippen LogP) is 1.63. The molecule has 0 bridgehead atoms. The fraction of sp³-hybridized carbons (Fsp3) is 0.250. The van der Waals surface area contributed by atoms with E-state index in [-0.39, 0.29) is 18.4 Å². The minimum atomic E-state index is -0.776. The monoisotopic (exact) mass is 369 g/mol. The van der Waals surface area contributed by atoms with Crippen LogP contribution in [0.25, 0.3) is 0 Å². The van der Waals surface area contributed by atoms with Gasteiger partial charge in [-0.1, -0.05) is 42.5 Å². The van der Waals surface area contributed by atoms with Crippen LogP contribution in [0.1, 0.15) is 21.5 Å². The van der Waals surface area contributed by atoms with Crippen molar-refractivity contribution >= 4 is 17.9 Å². The van der Waals surface area contributed by atoms with E-state index >= 15 is 0 Å². The molecule has 7 heteroatoms. The average molecular weight is 369 g/mol. The van der Waals surface area contributed by atoms with Crippen molar-refractivity contribution in [2.75, 3.05) is 14.2 Å². The van der Waals surface area contributed by atoms with Crippen LogP contribution in [-0.4, -0.2) is 38.1 Å². The van der Waals surface area contributed by atoms with Crippen LogP contribution in [-0.2, 0) is 22.5 Å². The Bertz CT molecular complexity index is 793. The normalized spacial score (nSPS) is 11.2. The number of rotatable bonds is 7. The lowest BCUT2D eigenvalue weighted by Crippen LogP contribution is -2.47. The van der Waals surface area contributed by atoms with Crippen LogP contribution in [0.3, 0.4) is 0 Å². The molecule has 0 radical (unpaired) electrons. The molecule has 0 aliphatic carbocycles. The standard InChI is InChI=1S/C20H23N3O4/c1-21-18(24)16-10-6-9-15(11-16)13-22-19(25)17(23-20(26)27-2)12-14-7-4-3-5-8-14/h3-11,17H,12-13H2,1-2H3,(H,21,24)(H,22,25)(H,23,26). The molecule has 0 aliphatic heterocycles. The summed E-state index contributed by atoms with van der Waals surface area (Å²) in [5.41, 5.74) is 2.20. The van der Waals surface area contributed by atoms with E-state index in [9.17, 15) is 14.4 Å². The second kappa shape index (κ2) is 9.96. The molecule has 0 saturated carbocycles. The molecule has 0 spiro atoms. The lowest BCUT2D eigenvalue weighted by molar-refractivity contribution is -0.123. The fourth-order valence-electron chi connectivity index (χ4n) is 2.54. The van der Waals surface area contributed by atoms with E-state index in [0.717, 1.165) is 11.1 Å². The molecule has 2 aromatic carbocycles. The molecule has 1 unspecified atom stereocenters. The highest BCUT2D eigenvalue weighted by molar-refractivity contribution is 5.94. The van der Waals surface area contributed by atoms with Gasteiger partial charge in [-0.15, -0.1) is 0 Å². The van der Waals surface area contributed by atoms with E-state index in [1.165, 1.54) is 7.11 Å². The molecule has 2 aromatic rings. The van der Waals surface area contributed by atoms with E-state index < -0.39 is 12.1 Å². The number of carbonyl (C=O) groups excluding carboxylic acids is 3. The van der Waals surface area contributed by atoms with E-state index in [2.05, 4.69) is 20.7 Å². The van der Waals surface area contributed by atoms with Gasteiger partial charge in [0.25, 0.3) is 5.91 Å². The third-order valence-electron chi connectivity index (χ3n) is 3.96. The molecule has 2 rings (SSSR count). The van der Waals surface area contributed by atoms with Gasteiger partial charge in [0.05, 0.1) is 7.11 Å². The molecule has 0 fully saturated rings. The fourth-order valence-corrected chi connectivity index (χ4v) is 2.54. The van der Waals surface area contributed by atoms with Crippen LogP contribution < -0.4 is 16.0 Å². The van der Waals surface area contributed by atoms with Gasteiger partial charge >= 0.3 is 6.09 Å². The Labute approximate surface area is 158 Å². The largest absolute Gasteiger partial charge is 0.453 e. The Kier molecular flexibility index (Phi) is 7.37. The molecule has 27 heavy (non-hydrogen) atoms. The van der Waals surface area contributed by atoms with Crippen molar-refractivity contribution in [1.82, 2.24) is 16.0 Å². The number of benzene rings is 2. The Morgan fingerprint density at radius 3 is 2.37 bits per heavy atom. The first kappa shape index (κ1) is 20.0. The summed E-state index contributed by atoms with van der Waals surface area (Å²) in [6, 6.07) is 15.6. The van der Waals surface area contributed by atoms with Gasteiger partial charge in [-0.2, -0.15) is 0 Å². The van der Waals surface area contributed by atoms with Gasteiger partial charge in [0, 0.05) is 25.6 Å². The van der Waals surface area contributed by atoms with Crippen molar-refractivity contribution in [3.63, 3.8) is 0 Å². The third-order valence-corrected chi connectivity index (χ3v) is 3.96. The molecular formula is C20H23N3O4. The number of ether oxygens (including phenoxy) is 1. The lowest BCUT2D eigenvalue weighted by Gasteiger charge is -2.18. The summed E-state index contributed by atoms with van der Waals surface area (Å²) in [5, 5.41) is 7.90. The molecule has 0 aliphatic rings. The topological polar surface area (TPSA) is 96.5 Å². The predicted molar refractivity (Wildman–Crippen MR) is 101 cm³/mol. The molecule has 0 heterocycles. The summed E-state index contributed by atoms with van der Waals surface area (Å²) < 4.78 is 4.61. The van der Waals surface area contributed by atoms with Crippen molar-refractivity contribution < 1.29 is 19.1 Å². The second-order valence-electron chi connectivity index (χ2n) is 5.88. The smallest absolute Gasteiger partial charge is 0.407 e. The van der Waals surface area contributed by atoms with Gasteiger partial charge < -0.3 is 20.7 Å². The molecule has 0 aromatic heterocycles. The molecule has 7 nitrogen and oxygen atoms in total. The number of amides is 3. The van der Waals surface area contributed by atoms with Gasteiger partial charge in [0.15, 0.2) is 0 Å². The third kappa shape index (κ3) is 6.14. The second-order valence-corrected chi connectivity index (χ2v) is 5.88. The summed E-state index contributed by atoms with van der Waals surface area (Å²) >= 11 is 0. The van der Waals surface area contributed by atoms with Gasteiger partial charge in [-0.25, -0.2) is 4.79 Å². The number of hydrogen-bond acceptors (Lipinski definition) is 4. The maximum atomic E-state index is 12.6. The summed E-state index contributed by atoms with van der Waals surface area (Å²) in [5.74, 6) is -0.535. The number of carbonyl (C=O) groups is 3. The van der Waals surface area contributed by atoms with Crippen molar-refractivity contribution in [2.45, 2.75) is 19.0 Å². The van der Waals surface area contributed by atoms with E-state index in [4.69, 9.17) is 0 Å². The van der Waals surface area contributed by atoms with Gasteiger partial charge in [-0.3, -0.25) is 9.59 Å². The molecule has 0 saturated heterocycles. The first-order valence-electron chi connectivity index (χ1n) is 8.50. The van der Waals surface area contributed by atoms with Crippen LogP contribution >= 0.6 is 0 Å². The maximum absolute atomic E-state index is 12.6. The van der Waals surface area contributed by atoms with Gasteiger partial charge in [0.1, 0.15) is 6.04 Å². The number of nitrogens with one attached hydrogen (secondary N) is 3. The molecule has 142 valence electrons. The Balaban J connectivity index is 2.04. The van der Waals surface area contributed by atoms with E-state index in [1.807, 2.05) is 36.4 Å². The number of alkyl carbamates (subject to hydrolysis) is 1. The van der Waals surface area contributed by atoms with Crippen LogP contribution in [0.15, 0.2) is 54.6 Å². The Morgan fingerprint density at radius 1 is 1.00 bits per heavy atom. The summed E-state index contributed by atoms with van der Waals surface area (Å²) in [6.45, 7) is 0.234.